The monoisotopic (exact) mass is 296 g/mol. The SMILES string of the molecule is O=C(O)C1CCCN1C(=O)C=Cc1ccc2ccccc2n1. The molecule has 22 heavy (non-hydrogen) atoms. The fraction of sp³-hybridized carbons (Fsp3) is 0.235. The molecule has 1 aliphatic rings. The summed E-state index contributed by atoms with van der Waals surface area (Å²) in [6, 6.07) is 10.8. The first-order valence-corrected chi connectivity index (χ1v) is 7.22. The Kier molecular flexibility index (Phi) is 3.87. The van der Waals surface area contributed by atoms with E-state index in [0.29, 0.717) is 18.7 Å². The smallest absolute Gasteiger partial charge is 0.326 e. The van der Waals surface area contributed by atoms with Crippen molar-refractivity contribution in [3.8, 4) is 0 Å². The molecular weight excluding hydrogens is 280 g/mol. The summed E-state index contributed by atoms with van der Waals surface area (Å²) >= 11 is 0. The number of fused-ring (bicyclic) bond motifs is 1. The quantitative estimate of drug-likeness (QED) is 0.882. The van der Waals surface area contributed by atoms with E-state index < -0.39 is 12.0 Å². The number of hydrogen-bond acceptors (Lipinski definition) is 3. The zero-order valence-electron chi connectivity index (χ0n) is 12.0. The molecule has 5 nitrogen and oxygen atoms in total. The van der Waals surface area contributed by atoms with Crippen LogP contribution < -0.4 is 0 Å². The van der Waals surface area contributed by atoms with Crippen molar-refractivity contribution in [2.75, 3.05) is 6.54 Å². The Bertz CT molecular complexity index is 754. The number of carboxylic acids is 1. The molecule has 3 rings (SSSR count). The molecule has 1 aliphatic heterocycles. The number of aromatic nitrogens is 1. The standard InChI is InChI=1S/C17H16N2O3/c20-16(19-11-3-6-15(19)17(21)22)10-9-13-8-7-12-4-1-2-5-14(12)18-13/h1-2,4-5,7-10,15H,3,6,11H2,(H,21,22). The minimum Gasteiger partial charge on any atom is -0.480 e. The average Bonchev–Trinajstić information content (AvgIpc) is 3.02. The van der Waals surface area contributed by atoms with Gasteiger partial charge in [0.1, 0.15) is 6.04 Å². The highest BCUT2D eigenvalue weighted by Crippen LogP contribution is 2.18. The largest absolute Gasteiger partial charge is 0.480 e. The molecule has 1 amide bonds. The van der Waals surface area contributed by atoms with Crippen LogP contribution in [0, 0.1) is 0 Å². The fourth-order valence-corrected chi connectivity index (χ4v) is 2.71. The summed E-state index contributed by atoms with van der Waals surface area (Å²) in [6.07, 6.45) is 4.28. The lowest BCUT2D eigenvalue weighted by Crippen LogP contribution is -2.39. The van der Waals surface area contributed by atoms with Crippen molar-refractivity contribution in [3.05, 3.63) is 48.2 Å². The molecule has 0 spiro atoms. The Balaban J connectivity index is 1.77. The number of rotatable bonds is 3. The topological polar surface area (TPSA) is 70.5 Å². The zero-order valence-corrected chi connectivity index (χ0v) is 12.0. The van der Waals surface area contributed by atoms with Gasteiger partial charge in [-0.15, -0.1) is 0 Å². The highest BCUT2D eigenvalue weighted by molar-refractivity contribution is 5.94. The predicted octanol–water partition coefficient (Wildman–Crippen LogP) is 2.32. The Morgan fingerprint density at radius 1 is 1.23 bits per heavy atom. The summed E-state index contributed by atoms with van der Waals surface area (Å²) in [7, 11) is 0. The number of hydrogen-bond donors (Lipinski definition) is 1. The van der Waals surface area contributed by atoms with Gasteiger partial charge in [0.25, 0.3) is 0 Å². The van der Waals surface area contributed by atoms with Crippen molar-refractivity contribution >= 4 is 28.9 Å². The van der Waals surface area contributed by atoms with E-state index in [1.54, 1.807) is 6.08 Å². The van der Waals surface area contributed by atoms with E-state index in [1.165, 1.54) is 11.0 Å². The third-order valence-corrected chi connectivity index (χ3v) is 3.84. The number of para-hydroxylation sites is 1. The van der Waals surface area contributed by atoms with Crippen molar-refractivity contribution in [3.63, 3.8) is 0 Å². The second-order valence-corrected chi connectivity index (χ2v) is 5.29. The van der Waals surface area contributed by atoms with Crippen LogP contribution >= 0.6 is 0 Å². The van der Waals surface area contributed by atoms with E-state index in [4.69, 9.17) is 5.11 Å². The third kappa shape index (κ3) is 2.83. The van der Waals surface area contributed by atoms with Gasteiger partial charge in [0.2, 0.25) is 5.91 Å². The first-order chi connectivity index (χ1) is 10.6. The van der Waals surface area contributed by atoms with E-state index in [0.717, 1.165) is 17.3 Å². The second-order valence-electron chi connectivity index (χ2n) is 5.29. The van der Waals surface area contributed by atoms with Crippen LogP contribution in [0.1, 0.15) is 18.5 Å². The molecule has 0 aliphatic carbocycles. The number of likely N-dealkylation sites (tertiary alicyclic amines) is 1. The average molecular weight is 296 g/mol. The number of amides is 1. The molecule has 2 heterocycles. The molecule has 1 aromatic carbocycles. The maximum Gasteiger partial charge on any atom is 0.326 e. The van der Waals surface area contributed by atoms with Gasteiger partial charge >= 0.3 is 5.97 Å². The molecule has 2 aromatic rings. The van der Waals surface area contributed by atoms with Crippen LogP contribution in [0.2, 0.25) is 0 Å². The number of carbonyl (C=O) groups is 2. The number of carboxylic acid groups (broad SMARTS) is 1. The van der Waals surface area contributed by atoms with Gasteiger partial charge in [-0.3, -0.25) is 4.79 Å². The van der Waals surface area contributed by atoms with Crippen LogP contribution in [-0.2, 0) is 9.59 Å². The second kappa shape index (κ2) is 5.97. The zero-order chi connectivity index (χ0) is 15.5. The van der Waals surface area contributed by atoms with E-state index in [1.807, 2.05) is 36.4 Å². The summed E-state index contributed by atoms with van der Waals surface area (Å²) in [5, 5.41) is 10.1. The van der Waals surface area contributed by atoms with E-state index in [-0.39, 0.29) is 5.91 Å². The van der Waals surface area contributed by atoms with Gasteiger partial charge in [0, 0.05) is 18.0 Å². The molecule has 1 atom stereocenters. The van der Waals surface area contributed by atoms with Crippen molar-refractivity contribution in [2.24, 2.45) is 0 Å². The Morgan fingerprint density at radius 3 is 2.86 bits per heavy atom. The molecule has 5 heteroatoms. The Labute approximate surface area is 127 Å². The Morgan fingerprint density at radius 2 is 2.05 bits per heavy atom. The molecule has 1 unspecified atom stereocenters. The van der Waals surface area contributed by atoms with Gasteiger partial charge in [-0.25, -0.2) is 9.78 Å². The number of pyridine rings is 1. The lowest BCUT2D eigenvalue weighted by atomic mass is 10.2. The normalized spacial score (nSPS) is 18.2. The summed E-state index contributed by atoms with van der Waals surface area (Å²) in [6.45, 7) is 0.491. The van der Waals surface area contributed by atoms with Crippen molar-refractivity contribution in [1.82, 2.24) is 9.88 Å². The molecule has 0 radical (unpaired) electrons. The summed E-state index contributed by atoms with van der Waals surface area (Å²) in [5.41, 5.74) is 1.54. The lowest BCUT2D eigenvalue weighted by molar-refractivity contribution is -0.146. The molecule has 1 fully saturated rings. The molecular formula is C17H16N2O3. The van der Waals surface area contributed by atoms with E-state index in [9.17, 15) is 9.59 Å². The highest BCUT2D eigenvalue weighted by Gasteiger charge is 2.32. The number of aliphatic carboxylic acids is 1. The summed E-state index contributed by atoms with van der Waals surface area (Å²) in [4.78, 5) is 29.1. The van der Waals surface area contributed by atoms with Crippen LogP contribution in [-0.4, -0.2) is 39.5 Å². The van der Waals surface area contributed by atoms with Gasteiger partial charge in [0.15, 0.2) is 0 Å². The maximum atomic E-state index is 12.1. The first kappa shape index (κ1) is 14.3. The minimum absolute atomic E-state index is 0.278. The van der Waals surface area contributed by atoms with Crippen LogP contribution in [0.25, 0.3) is 17.0 Å². The summed E-state index contributed by atoms with van der Waals surface area (Å²) in [5.74, 6) is -1.22. The van der Waals surface area contributed by atoms with Crippen molar-refractivity contribution in [2.45, 2.75) is 18.9 Å². The highest BCUT2D eigenvalue weighted by atomic mass is 16.4. The molecule has 0 bridgehead atoms. The predicted molar refractivity (Wildman–Crippen MR) is 83.1 cm³/mol. The lowest BCUT2D eigenvalue weighted by Gasteiger charge is -2.19. The molecule has 1 aromatic heterocycles. The van der Waals surface area contributed by atoms with E-state index in [2.05, 4.69) is 4.98 Å². The van der Waals surface area contributed by atoms with Gasteiger partial charge < -0.3 is 10.0 Å². The Hall–Kier alpha value is -2.69. The van der Waals surface area contributed by atoms with Crippen LogP contribution in [0.3, 0.4) is 0 Å². The van der Waals surface area contributed by atoms with Gasteiger partial charge in [-0.1, -0.05) is 24.3 Å². The van der Waals surface area contributed by atoms with Crippen LogP contribution in [0.15, 0.2) is 42.5 Å². The van der Waals surface area contributed by atoms with Gasteiger partial charge in [0.05, 0.1) is 11.2 Å². The maximum absolute atomic E-state index is 12.1. The molecule has 0 saturated carbocycles. The summed E-state index contributed by atoms with van der Waals surface area (Å²) < 4.78 is 0. The number of carbonyl (C=O) groups excluding carboxylic acids is 1. The van der Waals surface area contributed by atoms with Crippen molar-refractivity contribution in [1.29, 1.82) is 0 Å². The first-order valence-electron chi connectivity index (χ1n) is 7.22. The number of benzene rings is 1. The van der Waals surface area contributed by atoms with Crippen molar-refractivity contribution < 1.29 is 14.7 Å². The third-order valence-electron chi connectivity index (χ3n) is 3.84. The van der Waals surface area contributed by atoms with E-state index >= 15 is 0 Å². The minimum atomic E-state index is -0.942. The number of nitrogens with zero attached hydrogens (tertiary/aromatic N) is 2. The van der Waals surface area contributed by atoms with Gasteiger partial charge in [-0.2, -0.15) is 0 Å². The molecule has 1 N–H and O–H groups in total. The fourth-order valence-electron chi connectivity index (χ4n) is 2.71. The molecule has 112 valence electrons. The van der Waals surface area contributed by atoms with Gasteiger partial charge in [-0.05, 0) is 31.1 Å². The molecule has 1 saturated heterocycles. The van der Waals surface area contributed by atoms with Crippen LogP contribution in [0.5, 0.6) is 0 Å². The van der Waals surface area contributed by atoms with Crippen LogP contribution in [0.4, 0.5) is 0 Å².